The predicted molar refractivity (Wildman–Crippen MR) is 257 cm³/mol. The van der Waals surface area contributed by atoms with Crippen molar-refractivity contribution < 1.29 is 17.1 Å². The van der Waals surface area contributed by atoms with E-state index in [0.29, 0.717) is 87.3 Å². The summed E-state index contributed by atoms with van der Waals surface area (Å²) in [6, 6.07) is 0. The van der Waals surface area contributed by atoms with Gasteiger partial charge in [-0.15, -0.1) is 0 Å². The summed E-state index contributed by atoms with van der Waals surface area (Å²) in [4.78, 5) is 20.1. The van der Waals surface area contributed by atoms with E-state index in [-0.39, 0.29) is 85.6 Å². The van der Waals surface area contributed by atoms with E-state index in [2.05, 4.69) is 117 Å². The minimum Gasteiger partial charge on any atom is -0.416 e. The van der Waals surface area contributed by atoms with Crippen molar-refractivity contribution >= 4 is 268 Å². The molecule has 8 bridgehead atoms. The quantitative estimate of drug-likeness (QED) is 0.0687. The summed E-state index contributed by atoms with van der Waals surface area (Å²) in [5.41, 5.74) is 1.84. The van der Waals surface area contributed by atoms with E-state index in [9.17, 15) is 0 Å². The summed E-state index contributed by atoms with van der Waals surface area (Å²) >= 11 is 90.3. The van der Waals surface area contributed by atoms with Crippen LogP contribution < -0.4 is 31.2 Å². The van der Waals surface area contributed by atoms with Gasteiger partial charge in [-0.3, -0.25) is 9.98 Å². The molecule has 0 fully saturated rings. The van der Waals surface area contributed by atoms with Gasteiger partial charge in [0.05, 0.1) is 75.3 Å². The molecule has 5 heterocycles. The van der Waals surface area contributed by atoms with Gasteiger partial charge in [0.15, 0.2) is 0 Å². The van der Waals surface area contributed by atoms with Gasteiger partial charge >= 0.3 is 17.1 Å². The third kappa shape index (κ3) is 6.60. The zero-order valence-corrected chi connectivity index (χ0v) is 44.3. The van der Waals surface area contributed by atoms with E-state index in [1.54, 1.807) is 0 Å². The van der Waals surface area contributed by atoms with Gasteiger partial charge in [0.1, 0.15) is 12.3 Å². The van der Waals surface area contributed by atoms with Crippen molar-refractivity contribution in [1.82, 2.24) is 9.97 Å². The molecule has 0 amide bonds. The second-order valence-corrected chi connectivity index (χ2v) is 20.6. The maximum atomic E-state index is 7.04. The fraction of sp³-hybridized carbons (Fsp3) is 0.0625. The van der Waals surface area contributed by atoms with Crippen molar-refractivity contribution in [2.75, 3.05) is 21.3 Å². The van der Waals surface area contributed by atoms with E-state index in [4.69, 9.17) is 136 Å². The molecule has 2 atom stereocenters. The topological polar surface area (TPSA) is 101 Å². The van der Waals surface area contributed by atoms with Crippen LogP contribution in [0.25, 0.3) is 21.5 Å². The molecule has 6 aromatic rings. The summed E-state index contributed by atoms with van der Waals surface area (Å²) in [5.74, 6) is 1.67. The van der Waals surface area contributed by atoms with E-state index >= 15 is 0 Å². The molecule has 0 saturated carbocycles. The fourth-order valence-electron chi connectivity index (χ4n) is 6.66. The zero-order valence-electron chi connectivity index (χ0n) is 26.3. The van der Waals surface area contributed by atoms with E-state index in [0.717, 1.165) is 0 Å². The Morgan fingerprint density at radius 3 is 1.33 bits per heavy atom. The van der Waals surface area contributed by atoms with Crippen LogP contribution >= 0.6 is 212 Å². The average Bonchev–Trinajstić information content (AvgIpc) is 3.92. The second-order valence-electron chi connectivity index (χ2n) is 12.0. The Kier molecular flexibility index (Phi) is 12.5. The Morgan fingerprint density at radius 2 is 0.772 bits per heavy atom. The van der Waals surface area contributed by atoms with Crippen molar-refractivity contribution in [2.24, 2.45) is 9.98 Å². The van der Waals surface area contributed by atoms with Crippen molar-refractivity contribution in [1.29, 1.82) is 0 Å². The maximum Gasteiger partial charge on any atom is 2.00 e. The molecule has 2 aromatic heterocycles. The Morgan fingerprint density at radius 1 is 0.386 bits per heavy atom. The maximum absolute atomic E-state index is 7.04. The number of aromatic nitrogens is 2. The number of hydrogen-bond donors (Lipinski definition) is 4. The number of aliphatic imine (C=N–C) groups is 2. The zero-order chi connectivity index (χ0) is 40.1. The monoisotopic (exact) mass is 1390 g/mol. The largest absolute Gasteiger partial charge is 2.00 e. The number of hydrogen-bond acceptors (Lipinski definition) is 6. The first-order valence-corrected chi connectivity index (χ1v) is 23.6. The molecule has 0 aliphatic carbocycles. The molecule has 297 valence electrons. The van der Waals surface area contributed by atoms with Crippen LogP contribution in [0.3, 0.4) is 0 Å². The van der Waals surface area contributed by atoms with Gasteiger partial charge in [0, 0.05) is 80.5 Å². The minimum absolute atomic E-state index is 0. The molecule has 1 radical (unpaired) electrons. The summed E-state index contributed by atoms with van der Waals surface area (Å²) < 4.78 is 2.58. The summed E-state index contributed by atoms with van der Waals surface area (Å²) in [6.07, 6.45) is -1.80. The smallest absolute Gasteiger partial charge is 0.416 e. The van der Waals surface area contributed by atoms with Crippen molar-refractivity contribution in [2.45, 2.75) is 12.3 Å². The van der Waals surface area contributed by atoms with Crippen LogP contribution in [0.4, 0.5) is 23.3 Å². The number of nitrogens with zero attached hydrogens (tertiary/aromatic N) is 4. The summed E-state index contributed by atoms with van der Waals surface area (Å²) in [6.45, 7) is 0. The Hall–Kier alpha value is 0.799. The predicted octanol–water partition coefficient (Wildman–Crippen LogP) is 17.3. The number of nitrogens with one attached hydrogen (secondary N) is 4. The first-order chi connectivity index (χ1) is 26.4. The van der Waals surface area contributed by atoms with Gasteiger partial charge in [0.2, 0.25) is 0 Å². The van der Waals surface area contributed by atoms with Crippen LogP contribution in [0.1, 0.15) is 34.6 Å². The molecule has 0 saturated heterocycles. The number of benzene rings is 4. The van der Waals surface area contributed by atoms with E-state index < -0.39 is 12.3 Å². The van der Waals surface area contributed by atoms with Gasteiger partial charge in [-0.25, -0.2) is 0 Å². The fourth-order valence-corrected chi connectivity index (χ4v) is 13.0. The number of halogens is 16. The molecule has 9 rings (SSSR count). The molecule has 3 aliphatic heterocycles. The summed E-state index contributed by atoms with van der Waals surface area (Å²) in [7, 11) is 0. The molecule has 3 aliphatic rings. The van der Waals surface area contributed by atoms with Gasteiger partial charge in [-0.2, -0.15) is 0 Å². The molecule has 0 spiro atoms. The average molecular weight is 1400 g/mol. The normalized spacial score (nSPS) is 16.7. The van der Waals surface area contributed by atoms with Crippen LogP contribution in [0.5, 0.6) is 0 Å². The molecule has 57 heavy (non-hydrogen) atoms. The van der Waals surface area contributed by atoms with Crippen LogP contribution in [0.2, 0.25) is 50.2 Å². The Labute approximate surface area is 432 Å². The van der Waals surface area contributed by atoms with Gasteiger partial charge in [0.25, 0.3) is 0 Å². The Balaban J connectivity index is 0.00000455. The van der Waals surface area contributed by atoms with Gasteiger partial charge in [-0.05, 0) is 95.6 Å². The van der Waals surface area contributed by atoms with Crippen LogP contribution in [-0.2, 0) is 17.1 Å². The standard InChI is InChI=1S/C32H6Br6Cl10N8.Cu/c33-9-1-4(15(39)12(36)20(9)44)28-49-25(1)53-31-7-8(18(42)23(47)14(38)17(7)41)32(56-31)54-26-2-5(16(40)13(37)21(45)10(2)34)29(50-26)55-30-6-3(27(51-28)52-30)11(35)22(46)24(48)19(6)43;/h27,31,51,53H,(H,52,55)(H,54,56);/q-2;+2. The SMILES string of the molecule is Clc1c(Cl)c(Br)c2c(c1Cl)C1=NC2Nc2[n-]c(c3c(Br)c(Cl)c(Br)c(Cl)c23)NC2N=C(Nc3[n-]c(c4c(Cl)c(Br)c(Cl)c(Br)c34)N1)c1c(Cl)c(Cl)c(Br)c(Cl)c12.[Cu+2]. The molecular formula is C32H6Br6Cl10CuN8. The summed E-state index contributed by atoms with van der Waals surface area (Å²) in [5, 5.41) is 17.6. The number of amidine groups is 2. The van der Waals surface area contributed by atoms with Crippen LogP contribution in [0, 0.1) is 0 Å². The third-order valence-corrected chi connectivity index (χ3v) is 20.0. The molecule has 8 nitrogen and oxygen atoms in total. The molecule has 25 heteroatoms. The number of rotatable bonds is 0. The van der Waals surface area contributed by atoms with Crippen molar-refractivity contribution in [3.63, 3.8) is 0 Å². The Bertz CT molecular complexity index is 2750. The second kappa shape index (κ2) is 16.1. The number of anilines is 4. The molecule has 2 unspecified atom stereocenters. The minimum atomic E-state index is -0.910. The van der Waals surface area contributed by atoms with E-state index in [1.165, 1.54) is 0 Å². The first kappa shape index (κ1) is 44.4. The van der Waals surface area contributed by atoms with Gasteiger partial charge in [-0.1, -0.05) is 116 Å². The first-order valence-electron chi connectivity index (χ1n) is 15.0. The van der Waals surface area contributed by atoms with Crippen molar-refractivity contribution in [3.05, 3.63) is 99.3 Å². The van der Waals surface area contributed by atoms with E-state index in [1.807, 2.05) is 0 Å². The molecular weight excluding hydrogens is 1390 g/mol. The third-order valence-electron chi connectivity index (χ3n) is 9.09. The molecule has 4 aromatic carbocycles. The van der Waals surface area contributed by atoms with Crippen LogP contribution in [0.15, 0.2) is 36.8 Å². The van der Waals surface area contributed by atoms with Crippen LogP contribution in [-0.4, -0.2) is 11.7 Å². The van der Waals surface area contributed by atoms with Crippen molar-refractivity contribution in [3.8, 4) is 0 Å². The van der Waals surface area contributed by atoms with Gasteiger partial charge < -0.3 is 31.2 Å². The molecule has 4 N–H and O–H groups in total. The number of fused-ring (bicyclic) bond motifs is 18.